The first-order valence-corrected chi connectivity index (χ1v) is 4.36. The zero-order valence-electron chi connectivity index (χ0n) is 7.60. The highest BCUT2D eigenvalue weighted by atomic mass is 35.5. The van der Waals surface area contributed by atoms with Crippen LogP contribution >= 0.6 is 11.6 Å². The highest BCUT2D eigenvalue weighted by Gasteiger charge is 2.05. The third kappa shape index (κ3) is 2.60. The van der Waals surface area contributed by atoms with Crippen molar-refractivity contribution in [3.05, 3.63) is 28.5 Å². The molecule has 0 heterocycles. The zero-order chi connectivity index (χ0) is 10.7. The monoisotopic (exact) mass is 216 g/mol. The van der Waals surface area contributed by atoms with Crippen LogP contribution in [0.25, 0.3) is 0 Å². The Bertz CT molecular complexity index is 368. The normalized spacial score (nSPS) is 9.93. The summed E-state index contributed by atoms with van der Waals surface area (Å²) in [5.41, 5.74) is 5.90. The van der Waals surface area contributed by atoms with Crippen molar-refractivity contribution in [1.82, 2.24) is 0 Å². The molecule has 3 nitrogen and oxygen atoms in total. The first-order valence-electron chi connectivity index (χ1n) is 3.98. The summed E-state index contributed by atoms with van der Waals surface area (Å²) in [7, 11) is 0. The van der Waals surface area contributed by atoms with Gasteiger partial charge in [0.25, 0.3) is 0 Å². The van der Waals surface area contributed by atoms with Crippen LogP contribution in [0.2, 0.25) is 5.02 Å². The number of halogens is 2. The van der Waals surface area contributed by atoms with E-state index >= 15 is 0 Å². The minimum atomic E-state index is -0.497. The largest absolute Gasteiger partial charge is 0.375 e. The maximum absolute atomic E-state index is 13.0. The van der Waals surface area contributed by atoms with Gasteiger partial charge in [0.05, 0.1) is 17.3 Å². The molecule has 0 atom stereocenters. The summed E-state index contributed by atoms with van der Waals surface area (Å²) < 4.78 is 13.0. The van der Waals surface area contributed by atoms with Gasteiger partial charge in [-0.05, 0) is 24.6 Å². The number of nitrogens with one attached hydrogen (secondary N) is 1. The first kappa shape index (κ1) is 10.8. The van der Waals surface area contributed by atoms with Crippen molar-refractivity contribution in [3.63, 3.8) is 0 Å². The van der Waals surface area contributed by atoms with Gasteiger partial charge in [-0.2, -0.15) is 0 Å². The van der Waals surface area contributed by atoms with Gasteiger partial charge < -0.3 is 11.1 Å². The van der Waals surface area contributed by atoms with Crippen LogP contribution in [0.3, 0.4) is 0 Å². The van der Waals surface area contributed by atoms with Gasteiger partial charge >= 0.3 is 0 Å². The van der Waals surface area contributed by atoms with Crippen molar-refractivity contribution in [2.75, 3.05) is 11.9 Å². The zero-order valence-corrected chi connectivity index (χ0v) is 8.36. The van der Waals surface area contributed by atoms with E-state index in [0.29, 0.717) is 11.3 Å². The van der Waals surface area contributed by atoms with Crippen LogP contribution in [0, 0.1) is 12.7 Å². The van der Waals surface area contributed by atoms with E-state index in [1.165, 1.54) is 12.1 Å². The van der Waals surface area contributed by atoms with E-state index < -0.39 is 5.91 Å². The van der Waals surface area contributed by atoms with Gasteiger partial charge in [0.15, 0.2) is 0 Å². The van der Waals surface area contributed by atoms with Crippen LogP contribution in [0.1, 0.15) is 5.56 Å². The number of carbonyl (C=O) groups is 1. The summed E-state index contributed by atoms with van der Waals surface area (Å²) in [6.07, 6.45) is 0. The average Bonchev–Trinajstić information content (AvgIpc) is 2.09. The molecule has 0 aromatic heterocycles. The van der Waals surface area contributed by atoms with Crippen molar-refractivity contribution in [1.29, 1.82) is 0 Å². The van der Waals surface area contributed by atoms with Gasteiger partial charge in [0.2, 0.25) is 5.91 Å². The van der Waals surface area contributed by atoms with Crippen molar-refractivity contribution in [2.24, 2.45) is 5.73 Å². The van der Waals surface area contributed by atoms with Gasteiger partial charge in [0, 0.05) is 0 Å². The van der Waals surface area contributed by atoms with Crippen LogP contribution in [0.15, 0.2) is 12.1 Å². The molecular weight excluding hydrogens is 207 g/mol. The molecule has 0 saturated heterocycles. The lowest BCUT2D eigenvalue weighted by Gasteiger charge is -2.07. The number of carbonyl (C=O) groups excluding carboxylic acids is 1. The van der Waals surface area contributed by atoms with E-state index in [1.807, 2.05) is 0 Å². The Kier molecular flexibility index (Phi) is 3.30. The molecule has 1 rings (SSSR count). The van der Waals surface area contributed by atoms with Crippen molar-refractivity contribution < 1.29 is 9.18 Å². The molecular formula is C9H10ClFN2O. The molecule has 0 bridgehead atoms. The maximum atomic E-state index is 13.0. The average molecular weight is 217 g/mol. The molecule has 0 radical (unpaired) electrons. The number of anilines is 1. The minimum Gasteiger partial charge on any atom is -0.375 e. The van der Waals surface area contributed by atoms with Crippen LogP contribution < -0.4 is 11.1 Å². The van der Waals surface area contributed by atoms with Gasteiger partial charge in [-0.15, -0.1) is 0 Å². The molecule has 0 fully saturated rings. The molecule has 0 unspecified atom stereocenters. The van der Waals surface area contributed by atoms with Crippen molar-refractivity contribution in [2.45, 2.75) is 6.92 Å². The van der Waals surface area contributed by atoms with Crippen molar-refractivity contribution >= 4 is 23.2 Å². The molecule has 0 spiro atoms. The molecule has 5 heteroatoms. The molecule has 3 N–H and O–H groups in total. The second-order valence-corrected chi connectivity index (χ2v) is 3.31. The second-order valence-electron chi connectivity index (χ2n) is 2.90. The molecule has 0 aliphatic heterocycles. The van der Waals surface area contributed by atoms with Gasteiger partial charge in [0.1, 0.15) is 5.82 Å². The predicted molar refractivity (Wildman–Crippen MR) is 53.8 cm³/mol. The van der Waals surface area contributed by atoms with Crippen LogP contribution in [0.4, 0.5) is 10.1 Å². The van der Waals surface area contributed by atoms with Crippen molar-refractivity contribution in [3.8, 4) is 0 Å². The lowest BCUT2D eigenvalue weighted by molar-refractivity contribution is -0.116. The van der Waals surface area contributed by atoms with Gasteiger partial charge in [-0.1, -0.05) is 11.6 Å². The van der Waals surface area contributed by atoms with E-state index in [4.69, 9.17) is 17.3 Å². The van der Waals surface area contributed by atoms with E-state index in [2.05, 4.69) is 5.32 Å². The Morgan fingerprint density at radius 1 is 1.64 bits per heavy atom. The number of hydrogen-bond donors (Lipinski definition) is 2. The van der Waals surface area contributed by atoms with E-state index in [9.17, 15) is 9.18 Å². The highest BCUT2D eigenvalue weighted by Crippen LogP contribution is 2.24. The third-order valence-corrected chi connectivity index (χ3v) is 2.01. The molecule has 0 saturated carbocycles. The molecule has 0 aliphatic rings. The Balaban J connectivity index is 2.87. The fraction of sp³-hybridized carbons (Fsp3) is 0.222. The number of hydrogen-bond acceptors (Lipinski definition) is 2. The minimum absolute atomic E-state index is 0.0230. The quantitative estimate of drug-likeness (QED) is 0.808. The highest BCUT2D eigenvalue weighted by molar-refractivity contribution is 6.33. The number of nitrogens with two attached hydrogens (primary N) is 1. The first-order chi connectivity index (χ1) is 6.50. The third-order valence-electron chi connectivity index (χ3n) is 1.70. The lowest BCUT2D eigenvalue weighted by atomic mass is 10.2. The lowest BCUT2D eigenvalue weighted by Crippen LogP contribution is -2.22. The number of benzene rings is 1. The summed E-state index contributed by atoms with van der Waals surface area (Å²) in [6.45, 7) is 1.59. The maximum Gasteiger partial charge on any atom is 0.236 e. The van der Waals surface area contributed by atoms with Crippen LogP contribution in [0.5, 0.6) is 0 Å². The summed E-state index contributed by atoms with van der Waals surface area (Å²) in [6, 6.07) is 2.72. The summed E-state index contributed by atoms with van der Waals surface area (Å²) >= 11 is 5.73. The Labute approximate surface area is 86.0 Å². The number of amides is 1. The predicted octanol–water partition coefficient (Wildman–Crippen LogP) is 1.68. The Morgan fingerprint density at radius 2 is 2.29 bits per heavy atom. The summed E-state index contributed by atoms with van der Waals surface area (Å²) in [4.78, 5) is 10.5. The topological polar surface area (TPSA) is 55.1 Å². The van der Waals surface area contributed by atoms with Crippen LogP contribution in [-0.4, -0.2) is 12.5 Å². The Hall–Kier alpha value is -1.29. The molecule has 14 heavy (non-hydrogen) atoms. The fourth-order valence-electron chi connectivity index (χ4n) is 0.975. The van der Waals surface area contributed by atoms with Gasteiger partial charge in [-0.25, -0.2) is 4.39 Å². The smallest absolute Gasteiger partial charge is 0.236 e. The SMILES string of the molecule is Cc1cc(NCC(N)=O)c(Cl)cc1F. The molecule has 76 valence electrons. The van der Waals surface area contributed by atoms with Gasteiger partial charge in [-0.3, -0.25) is 4.79 Å². The van der Waals surface area contributed by atoms with E-state index in [0.717, 1.165) is 0 Å². The second kappa shape index (κ2) is 4.28. The summed E-state index contributed by atoms with van der Waals surface area (Å²) in [5, 5.41) is 2.94. The number of aryl methyl sites for hydroxylation is 1. The Morgan fingerprint density at radius 3 is 2.86 bits per heavy atom. The van der Waals surface area contributed by atoms with Crippen LogP contribution in [-0.2, 0) is 4.79 Å². The standard InChI is InChI=1S/C9H10ClFN2O/c1-5-2-8(13-4-9(12)14)6(10)3-7(5)11/h2-3,13H,4H2,1H3,(H2,12,14). The van der Waals surface area contributed by atoms with E-state index in [-0.39, 0.29) is 17.4 Å². The molecule has 1 aromatic rings. The molecule has 0 aliphatic carbocycles. The number of primary amides is 1. The summed E-state index contributed by atoms with van der Waals surface area (Å²) in [5.74, 6) is -0.873. The van der Waals surface area contributed by atoms with E-state index in [1.54, 1.807) is 6.92 Å². The number of rotatable bonds is 3. The molecule has 1 aromatic carbocycles. The fourth-order valence-corrected chi connectivity index (χ4v) is 1.19. The molecule has 1 amide bonds.